The first-order valence-electron chi connectivity index (χ1n) is 7.52. The minimum Gasteiger partial charge on any atom is -0.385 e. The largest absolute Gasteiger partial charge is 0.385 e. The number of hydrogen-bond donors (Lipinski definition) is 2. The van der Waals surface area contributed by atoms with Crippen LogP contribution >= 0.6 is 0 Å². The summed E-state index contributed by atoms with van der Waals surface area (Å²) in [5, 5.41) is 14.6. The summed E-state index contributed by atoms with van der Waals surface area (Å²) in [5.74, 6) is 0.0845. The summed E-state index contributed by atoms with van der Waals surface area (Å²) in [6.07, 6.45) is 0.739. The lowest BCUT2D eigenvalue weighted by Crippen LogP contribution is -2.26. The highest BCUT2D eigenvalue weighted by atomic mass is 16.5. The number of aromatic nitrogens is 2. The quantitative estimate of drug-likeness (QED) is 0.757. The van der Waals surface area contributed by atoms with E-state index in [2.05, 4.69) is 26.7 Å². The maximum absolute atomic E-state index is 12.1. The molecule has 0 radical (unpaired) electrons. The van der Waals surface area contributed by atoms with Gasteiger partial charge in [0, 0.05) is 31.6 Å². The monoisotopic (exact) mass is 325 g/mol. The van der Waals surface area contributed by atoms with E-state index in [1.54, 1.807) is 44.4 Å². The summed E-state index contributed by atoms with van der Waals surface area (Å²) in [5.41, 5.74) is 2.30. The molecule has 2 rings (SSSR count). The molecule has 24 heavy (non-hydrogen) atoms. The van der Waals surface area contributed by atoms with E-state index in [9.17, 15) is 4.79 Å². The zero-order chi connectivity index (χ0) is 17.4. The number of hydrogen-bond acceptors (Lipinski definition) is 6. The van der Waals surface area contributed by atoms with Crippen LogP contribution in [0.2, 0.25) is 0 Å². The van der Waals surface area contributed by atoms with Gasteiger partial charge in [-0.2, -0.15) is 5.26 Å². The summed E-state index contributed by atoms with van der Waals surface area (Å²) in [6, 6.07) is 10.6. The fourth-order valence-corrected chi connectivity index (χ4v) is 2.01. The molecule has 124 valence electrons. The molecule has 0 unspecified atom stereocenters. The summed E-state index contributed by atoms with van der Waals surface area (Å²) in [7, 11) is 1.62. The van der Waals surface area contributed by atoms with Gasteiger partial charge in [0.15, 0.2) is 0 Å². The molecule has 0 fully saturated rings. The summed E-state index contributed by atoms with van der Waals surface area (Å²) in [6.45, 7) is 2.91. The number of rotatable bonds is 7. The Hall–Kier alpha value is -2.98. The average Bonchev–Trinajstić information content (AvgIpc) is 2.58. The standard InChI is InChI=1S/C17H19N5O2/c1-12-10-15(16(23)19-8-3-9-24-2)22-17(20-12)21-14-6-4-13(11-18)5-7-14/h4-7,10H,3,8-9H2,1-2H3,(H,19,23)(H,20,21,22). The van der Waals surface area contributed by atoms with E-state index in [1.807, 2.05) is 0 Å². The fourth-order valence-electron chi connectivity index (χ4n) is 2.01. The number of benzene rings is 1. The molecule has 2 aromatic rings. The van der Waals surface area contributed by atoms with Gasteiger partial charge in [-0.05, 0) is 43.7 Å². The van der Waals surface area contributed by atoms with Crippen molar-refractivity contribution in [3.8, 4) is 6.07 Å². The second-order valence-corrected chi connectivity index (χ2v) is 5.13. The molecule has 2 N–H and O–H groups in total. The predicted octanol–water partition coefficient (Wildman–Crippen LogP) is 2.17. The SMILES string of the molecule is COCCCNC(=O)c1cc(C)nc(Nc2ccc(C#N)cc2)n1. The number of nitriles is 1. The van der Waals surface area contributed by atoms with Crippen molar-refractivity contribution in [1.29, 1.82) is 5.26 Å². The van der Waals surface area contributed by atoms with Crippen molar-refractivity contribution in [1.82, 2.24) is 15.3 Å². The molecule has 1 heterocycles. The van der Waals surface area contributed by atoms with Crippen LogP contribution in [-0.2, 0) is 4.74 Å². The second kappa shape index (κ2) is 8.60. The second-order valence-electron chi connectivity index (χ2n) is 5.13. The third-order valence-corrected chi connectivity index (χ3v) is 3.17. The summed E-state index contributed by atoms with van der Waals surface area (Å²) >= 11 is 0. The van der Waals surface area contributed by atoms with Gasteiger partial charge in [-0.15, -0.1) is 0 Å². The van der Waals surface area contributed by atoms with Crippen molar-refractivity contribution in [2.75, 3.05) is 25.6 Å². The highest BCUT2D eigenvalue weighted by molar-refractivity contribution is 5.92. The zero-order valence-electron chi connectivity index (χ0n) is 13.7. The van der Waals surface area contributed by atoms with Crippen LogP contribution < -0.4 is 10.6 Å². The molecule has 0 aliphatic rings. The van der Waals surface area contributed by atoms with Gasteiger partial charge in [-0.3, -0.25) is 4.79 Å². The molecular weight excluding hydrogens is 306 g/mol. The third kappa shape index (κ3) is 5.04. The number of ether oxygens (including phenoxy) is 1. The molecule has 0 spiro atoms. The van der Waals surface area contributed by atoms with Crippen LogP contribution in [0.4, 0.5) is 11.6 Å². The van der Waals surface area contributed by atoms with Crippen molar-refractivity contribution < 1.29 is 9.53 Å². The summed E-state index contributed by atoms with van der Waals surface area (Å²) in [4.78, 5) is 20.7. The van der Waals surface area contributed by atoms with E-state index in [0.29, 0.717) is 36.1 Å². The number of nitrogens with one attached hydrogen (secondary N) is 2. The minimum atomic E-state index is -0.250. The van der Waals surface area contributed by atoms with Crippen LogP contribution in [0.3, 0.4) is 0 Å². The predicted molar refractivity (Wildman–Crippen MR) is 90.0 cm³/mol. The Balaban J connectivity index is 2.07. The van der Waals surface area contributed by atoms with E-state index < -0.39 is 0 Å². The number of nitrogens with zero attached hydrogens (tertiary/aromatic N) is 3. The molecule has 1 aromatic carbocycles. The Morgan fingerprint density at radius 3 is 2.71 bits per heavy atom. The number of methoxy groups -OCH3 is 1. The van der Waals surface area contributed by atoms with E-state index >= 15 is 0 Å². The molecule has 0 aliphatic heterocycles. The Morgan fingerprint density at radius 1 is 1.29 bits per heavy atom. The van der Waals surface area contributed by atoms with Crippen LogP contribution in [0, 0.1) is 18.3 Å². The fraction of sp³-hybridized carbons (Fsp3) is 0.294. The molecule has 1 amide bonds. The van der Waals surface area contributed by atoms with E-state index in [-0.39, 0.29) is 5.91 Å². The van der Waals surface area contributed by atoms with E-state index in [1.165, 1.54) is 0 Å². The van der Waals surface area contributed by atoms with Crippen molar-refractivity contribution in [2.24, 2.45) is 0 Å². The van der Waals surface area contributed by atoms with Crippen molar-refractivity contribution in [3.05, 3.63) is 47.3 Å². The normalized spacial score (nSPS) is 10.0. The van der Waals surface area contributed by atoms with E-state index in [0.717, 1.165) is 12.1 Å². The Labute approximate surface area is 140 Å². The maximum atomic E-state index is 12.1. The number of carbonyl (C=O) groups excluding carboxylic acids is 1. The van der Waals surface area contributed by atoms with Gasteiger partial charge in [-0.25, -0.2) is 9.97 Å². The first-order chi connectivity index (χ1) is 11.6. The molecule has 0 saturated carbocycles. The van der Waals surface area contributed by atoms with Gasteiger partial charge in [0.05, 0.1) is 11.6 Å². The highest BCUT2D eigenvalue weighted by Crippen LogP contribution is 2.14. The van der Waals surface area contributed by atoms with E-state index in [4.69, 9.17) is 10.00 Å². The number of amides is 1. The van der Waals surface area contributed by atoms with Crippen LogP contribution in [0.5, 0.6) is 0 Å². The minimum absolute atomic E-state index is 0.250. The van der Waals surface area contributed by atoms with Gasteiger partial charge in [-0.1, -0.05) is 0 Å². The van der Waals surface area contributed by atoms with Gasteiger partial charge in [0.1, 0.15) is 5.69 Å². The smallest absolute Gasteiger partial charge is 0.270 e. The average molecular weight is 325 g/mol. The molecule has 0 aliphatic carbocycles. The zero-order valence-corrected chi connectivity index (χ0v) is 13.7. The molecule has 0 atom stereocenters. The lowest BCUT2D eigenvalue weighted by Gasteiger charge is -2.09. The lowest BCUT2D eigenvalue weighted by atomic mass is 10.2. The van der Waals surface area contributed by atoms with Gasteiger partial charge in [0.25, 0.3) is 5.91 Å². The van der Waals surface area contributed by atoms with Gasteiger partial charge >= 0.3 is 0 Å². The lowest BCUT2D eigenvalue weighted by molar-refractivity contribution is 0.0943. The van der Waals surface area contributed by atoms with Crippen molar-refractivity contribution in [2.45, 2.75) is 13.3 Å². The topological polar surface area (TPSA) is 99.9 Å². The Bertz CT molecular complexity index is 738. The molecule has 1 aromatic heterocycles. The molecule has 7 heteroatoms. The van der Waals surface area contributed by atoms with Gasteiger partial charge < -0.3 is 15.4 Å². The van der Waals surface area contributed by atoms with Crippen molar-refractivity contribution >= 4 is 17.5 Å². The molecular formula is C17H19N5O2. The number of carbonyl (C=O) groups is 1. The molecule has 0 bridgehead atoms. The van der Waals surface area contributed by atoms with Crippen LogP contribution in [0.25, 0.3) is 0 Å². The molecule has 0 saturated heterocycles. The summed E-state index contributed by atoms with van der Waals surface area (Å²) < 4.78 is 4.94. The highest BCUT2D eigenvalue weighted by Gasteiger charge is 2.10. The van der Waals surface area contributed by atoms with Gasteiger partial charge in [0.2, 0.25) is 5.95 Å². The molecule has 7 nitrogen and oxygen atoms in total. The first-order valence-corrected chi connectivity index (χ1v) is 7.52. The van der Waals surface area contributed by atoms with Crippen LogP contribution in [0.1, 0.15) is 28.2 Å². The number of anilines is 2. The maximum Gasteiger partial charge on any atom is 0.270 e. The third-order valence-electron chi connectivity index (χ3n) is 3.17. The van der Waals surface area contributed by atoms with Crippen LogP contribution in [-0.4, -0.2) is 36.1 Å². The first kappa shape index (κ1) is 17.4. The Morgan fingerprint density at radius 2 is 2.04 bits per heavy atom. The van der Waals surface area contributed by atoms with Crippen LogP contribution in [0.15, 0.2) is 30.3 Å². The Kier molecular flexibility index (Phi) is 6.23. The van der Waals surface area contributed by atoms with Crippen molar-refractivity contribution in [3.63, 3.8) is 0 Å². The number of aryl methyl sites for hydroxylation is 1.